The highest BCUT2D eigenvalue weighted by Gasteiger charge is 2.25. The van der Waals surface area contributed by atoms with Crippen molar-refractivity contribution in [1.82, 2.24) is 4.98 Å². The summed E-state index contributed by atoms with van der Waals surface area (Å²) in [7, 11) is 0. The first-order chi connectivity index (χ1) is 8.22. The number of fused-ring (bicyclic) bond motifs is 1. The van der Waals surface area contributed by atoms with Gasteiger partial charge in [0, 0.05) is 18.5 Å². The molecule has 1 heterocycles. The highest BCUT2D eigenvalue weighted by Crippen LogP contribution is 2.28. The fraction of sp³-hybridized carbons (Fsp3) is 0.385. The Morgan fingerprint density at radius 1 is 1.47 bits per heavy atom. The van der Waals surface area contributed by atoms with Gasteiger partial charge in [-0.3, -0.25) is 4.79 Å². The van der Waals surface area contributed by atoms with Crippen molar-refractivity contribution in [2.75, 3.05) is 5.32 Å². The van der Waals surface area contributed by atoms with Gasteiger partial charge in [0.25, 0.3) is 0 Å². The van der Waals surface area contributed by atoms with Crippen molar-refractivity contribution >= 4 is 22.7 Å². The predicted octanol–water partition coefficient (Wildman–Crippen LogP) is 2.87. The number of nitrogens with zero attached hydrogens (tertiary/aromatic N) is 1. The van der Waals surface area contributed by atoms with E-state index in [9.17, 15) is 4.79 Å². The second kappa shape index (κ2) is 3.87. The molecule has 0 saturated heterocycles. The van der Waals surface area contributed by atoms with Crippen LogP contribution in [0.2, 0.25) is 0 Å². The standard InChI is InChI=1S/C13H14N2O2/c1-8-14-11-7-10(5-6-12(11)17-8)15-13(16)9-3-2-4-9/h5-7,9H,2-4H2,1H3,(H,15,16). The molecule has 0 bridgehead atoms. The smallest absolute Gasteiger partial charge is 0.227 e. The molecular weight excluding hydrogens is 216 g/mol. The van der Waals surface area contributed by atoms with E-state index in [1.807, 2.05) is 25.1 Å². The molecule has 3 rings (SSSR count). The van der Waals surface area contributed by atoms with Gasteiger partial charge in [0.05, 0.1) is 0 Å². The Bertz CT molecular complexity index is 570. The number of nitrogens with one attached hydrogen (secondary N) is 1. The Labute approximate surface area is 99.0 Å². The van der Waals surface area contributed by atoms with E-state index in [0.29, 0.717) is 5.89 Å². The largest absolute Gasteiger partial charge is 0.441 e. The SMILES string of the molecule is Cc1nc2cc(NC(=O)C3CCC3)ccc2o1. The van der Waals surface area contributed by atoms with Crippen LogP contribution >= 0.6 is 0 Å². The summed E-state index contributed by atoms with van der Waals surface area (Å²) < 4.78 is 5.38. The van der Waals surface area contributed by atoms with Gasteiger partial charge in [0.1, 0.15) is 5.52 Å². The second-order valence-electron chi connectivity index (χ2n) is 4.53. The maximum atomic E-state index is 11.8. The highest BCUT2D eigenvalue weighted by atomic mass is 16.3. The second-order valence-corrected chi connectivity index (χ2v) is 4.53. The molecule has 1 aliphatic carbocycles. The topological polar surface area (TPSA) is 55.1 Å². The van der Waals surface area contributed by atoms with Crippen LogP contribution in [0.25, 0.3) is 11.1 Å². The molecule has 1 amide bonds. The number of carbonyl (C=O) groups is 1. The van der Waals surface area contributed by atoms with E-state index in [0.717, 1.165) is 29.6 Å². The Balaban J connectivity index is 1.82. The quantitative estimate of drug-likeness (QED) is 0.863. The van der Waals surface area contributed by atoms with Crippen molar-refractivity contribution in [3.05, 3.63) is 24.1 Å². The number of aryl methyl sites for hydroxylation is 1. The molecule has 17 heavy (non-hydrogen) atoms. The van der Waals surface area contributed by atoms with Crippen molar-refractivity contribution in [2.24, 2.45) is 5.92 Å². The summed E-state index contributed by atoms with van der Waals surface area (Å²) in [5.41, 5.74) is 2.33. The molecular formula is C13H14N2O2. The number of rotatable bonds is 2. The van der Waals surface area contributed by atoms with Crippen LogP contribution in [0.5, 0.6) is 0 Å². The zero-order chi connectivity index (χ0) is 11.8. The van der Waals surface area contributed by atoms with Gasteiger partial charge in [0.15, 0.2) is 11.5 Å². The maximum absolute atomic E-state index is 11.8. The lowest BCUT2D eigenvalue weighted by Gasteiger charge is -2.23. The molecule has 0 aliphatic heterocycles. The predicted molar refractivity (Wildman–Crippen MR) is 64.7 cm³/mol. The van der Waals surface area contributed by atoms with Crippen molar-refractivity contribution in [3.63, 3.8) is 0 Å². The first-order valence-electron chi connectivity index (χ1n) is 5.90. The highest BCUT2D eigenvalue weighted by molar-refractivity contribution is 5.94. The lowest BCUT2D eigenvalue weighted by atomic mass is 9.85. The van der Waals surface area contributed by atoms with Crippen molar-refractivity contribution in [3.8, 4) is 0 Å². The first-order valence-corrected chi connectivity index (χ1v) is 5.90. The number of benzene rings is 1. The van der Waals surface area contributed by atoms with E-state index in [1.165, 1.54) is 6.42 Å². The molecule has 1 aromatic heterocycles. The normalized spacial score (nSPS) is 15.8. The molecule has 1 fully saturated rings. The molecule has 1 N–H and O–H groups in total. The van der Waals surface area contributed by atoms with Crippen molar-refractivity contribution < 1.29 is 9.21 Å². The Hall–Kier alpha value is -1.84. The molecule has 88 valence electrons. The molecule has 0 unspecified atom stereocenters. The fourth-order valence-electron chi connectivity index (χ4n) is 2.04. The Morgan fingerprint density at radius 2 is 2.29 bits per heavy atom. The molecule has 2 aromatic rings. The lowest BCUT2D eigenvalue weighted by Crippen LogP contribution is -2.27. The summed E-state index contributed by atoms with van der Waals surface area (Å²) in [6, 6.07) is 5.54. The van der Waals surface area contributed by atoms with Crippen LogP contribution in [0.4, 0.5) is 5.69 Å². The summed E-state index contributed by atoms with van der Waals surface area (Å²) in [4.78, 5) is 16.0. The van der Waals surface area contributed by atoms with Crippen LogP contribution in [-0.4, -0.2) is 10.9 Å². The van der Waals surface area contributed by atoms with E-state index in [1.54, 1.807) is 0 Å². The van der Waals surface area contributed by atoms with Crippen molar-refractivity contribution in [2.45, 2.75) is 26.2 Å². The molecule has 4 heteroatoms. The number of amides is 1. The Kier molecular flexibility index (Phi) is 2.35. The van der Waals surface area contributed by atoms with Gasteiger partial charge in [0.2, 0.25) is 5.91 Å². The van der Waals surface area contributed by atoms with E-state index in [2.05, 4.69) is 10.3 Å². The minimum Gasteiger partial charge on any atom is -0.441 e. The molecule has 0 spiro atoms. The summed E-state index contributed by atoms with van der Waals surface area (Å²) in [5, 5.41) is 2.92. The zero-order valence-electron chi connectivity index (χ0n) is 9.69. The van der Waals surface area contributed by atoms with Gasteiger partial charge >= 0.3 is 0 Å². The number of anilines is 1. The Morgan fingerprint density at radius 3 is 3.00 bits per heavy atom. The van der Waals surface area contributed by atoms with Gasteiger partial charge in [-0.15, -0.1) is 0 Å². The van der Waals surface area contributed by atoms with E-state index in [-0.39, 0.29) is 11.8 Å². The summed E-state index contributed by atoms with van der Waals surface area (Å²) in [5.74, 6) is 0.961. The first kappa shape index (κ1) is 10.3. The van der Waals surface area contributed by atoms with E-state index in [4.69, 9.17) is 4.42 Å². The van der Waals surface area contributed by atoms with E-state index >= 15 is 0 Å². The summed E-state index contributed by atoms with van der Waals surface area (Å²) in [6.07, 6.45) is 3.19. The third kappa shape index (κ3) is 1.90. The van der Waals surface area contributed by atoms with Crippen LogP contribution in [-0.2, 0) is 4.79 Å². The number of aromatic nitrogens is 1. The molecule has 4 nitrogen and oxygen atoms in total. The minimum atomic E-state index is 0.121. The fourth-order valence-corrected chi connectivity index (χ4v) is 2.04. The monoisotopic (exact) mass is 230 g/mol. The van der Waals surface area contributed by atoms with Crippen LogP contribution < -0.4 is 5.32 Å². The molecule has 0 radical (unpaired) electrons. The molecule has 1 aromatic carbocycles. The van der Waals surface area contributed by atoms with Crippen LogP contribution in [0.15, 0.2) is 22.6 Å². The third-order valence-corrected chi connectivity index (χ3v) is 3.24. The number of hydrogen-bond donors (Lipinski definition) is 1. The van der Waals surface area contributed by atoms with Crippen LogP contribution in [0, 0.1) is 12.8 Å². The maximum Gasteiger partial charge on any atom is 0.227 e. The summed E-state index contributed by atoms with van der Waals surface area (Å²) >= 11 is 0. The average molecular weight is 230 g/mol. The number of oxazole rings is 1. The lowest BCUT2D eigenvalue weighted by molar-refractivity contribution is -0.122. The molecule has 1 saturated carbocycles. The number of hydrogen-bond acceptors (Lipinski definition) is 3. The third-order valence-electron chi connectivity index (χ3n) is 3.24. The minimum absolute atomic E-state index is 0.121. The van der Waals surface area contributed by atoms with Gasteiger partial charge in [-0.05, 0) is 31.0 Å². The molecule has 1 aliphatic rings. The van der Waals surface area contributed by atoms with Gasteiger partial charge in [-0.25, -0.2) is 4.98 Å². The average Bonchev–Trinajstić information content (AvgIpc) is 2.54. The van der Waals surface area contributed by atoms with Crippen molar-refractivity contribution in [1.29, 1.82) is 0 Å². The van der Waals surface area contributed by atoms with Gasteiger partial charge < -0.3 is 9.73 Å². The van der Waals surface area contributed by atoms with Crippen LogP contribution in [0.1, 0.15) is 25.2 Å². The zero-order valence-corrected chi connectivity index (χ0v) is 9.69. The van der Waals surface area contributed by atoms with Gasteiger partial charge in [-0.1, -0.05) is 6.42 Å². The summed E-state index contributed by atoms with van der Waals surface area (Å²) in [6.45, 7) is 1.81. The van der Waals surface area contributed by atoms with Crippen LogP contribution in [0.3, 0.4) is 0 Å². The van der Waals surface area contributed by atoms with Gasteiger partial charge in [-0.2, -0.15) is 0 Å². The van der Waals surface area contributed by atoms with E-state index < -0.39 is 0 Å². The number of carbonyl (C=O) groups excluding carboxylic acids is 1. The molecule has 0 atom stereocenters.